The number of amides is 1. The number of hydrogen-bond acceptors (Lipinski definition) is 4. The van der Waals surface area contributed by atoms with Crippen LogP contribution in [0.15, 0.2) is 48.5 Å². The lowest BCUT2D eigenvalue weighted by molar-refractivity contribution is -0.131. The Balaban J connectivity index is 1.57. The van der Waals surface area contributed by atoms with Crippen molar-refractivity contribution in [2.45, 2.75) is 51.3 Å². The number of fused-ring (bicyclic) bond motifs is 1. The van der Waals surface area contributed by atoms with E-state index in [0.29, 0.717) is 30.3 Å². The second-order valence-electron chi connectivity index (χ2n) is 9.04. The third-order valence-electron chi connectivity index (χ3n) is 5.65. The summed E-state index contributed by atoms with van der Waals surface area (Å²) in [7, 11) is 0. The molecule has 164 valence electrons. The highest BCUT2D eigenvalue weighted by Crippen LogP contribution is 2.34. The summed E-state index contributed by atoms with van der Waals surface area (Å²) in [6.07, 6.45) is -0.337. The van der Waals surface area contributed by atoms with Gasteiger partial charge in [-0.25, -0.2) is 4.98 Å². The zero-order valence-electron chi connectivity index (χ0n) is 18.1. The number of nitrogens with zero attached hydrogens (tertiary/aromatic N) is 3. The van der Waals surface area contributed by atoms with Gasteiger partial charge in [-0.1, -0.05) is 35.9 Å². The number of aliphatic hydroxyl groups excluding tert-OH is 1. The SMILES string of the molecule is CC(C)(C)N1C[C@H](c2nc3ccccc3n2C[C@@H](O)COc2ccccc2Cl)CC1=O. The smallest absolute Gasteiger partial charge is 0.223 e. The molecule has 31 heavy (non-hydrogen) atoms. The second kappa shape index (κ2) is 8.52. The van der Waals surface area contributed by atoms with E-state index < -0.39 is 6.10 Å². The summed E-state index contributed by atoms with van der Waals surface area (Å²) >= 11 is 6.15. The minimum Gasteiger partial charge on any atom is -0.489 e. The van der Waals surface area contributed by atoms with Crippen LogP contribution in [0.3, 0.4) is 0 Å². The van der Waals surface area contributed by atoms with Crippen LogP contribution in [0, 0.1) is 0 Å². The number of aliphatic hydroxyl groups is 1. The van der Waals surface area contributed by atoms with Crippen LogP contribution in [0.5, 0.6) is 5.75 Å². The van der Waals surface area contributed by atoms with Gasteiger partial charge in [-0.05, 0) is 45.0 Å². The van der Waals surface area contributed by atoms with Crippen molar-refractivity contribution in [3.63, 3.8) is 0 Å². The van der Waals surface area contributed by atoms with Crippen LogP contribution in [-0.2, 0) is 11.3 Å². The number of benzene rings is 2. The molecule has 1 aromatic heterocycles. The Morgan fingerprint density at radius 2 is 1.90 bits per heavy atom. The number of imidazole rings is 1. The Bertz CT molecular complexity index is 1090. The van der Waals surface area contributed by atoms with Gasteiger partial charge in [0.05, 0.1) is 22.6 Å². The summed E-state index contributed by atoms with van der Waals surface area (Å²) in [5, 5.41) is 11.2. The molecule has 4 rings (SSSR count). The van der Waals surface area contributed by atoms with E-state index in [1.807, 2.05) is 66.6 Å². The number of carbonyl (C=O) groups is 1. The molecule has 2 heterocycles. The minimum atomic E-state index is -0.761. The number of ether oxygens (including phenoxy) is 1. The van der Waals surface area contributed by atoms with Crippen molar-refractivity contribution in [3.8, 4) is 5.75 Å². The molecule has 0 unspecified atom stereocenters. The van der Waals surface area contributed by atoms with Crippen LogP contribution in [-0.4, -0.2) is 50.3 Å². The van der Waals surface area contributed by atoms with Gasteiger partial charge < -0.3 is 19.3 Å². The molecule has 1 aliphatic heterocycles. The maximum absolute atomic E-state index is 12.7. The zero-order valence-corrected chi connectivity index (χ0v) is 18.8. The predicted octanol–water partition coefficient (Wildman–Crippen LogP) is 4.24. The first kappa shape index (κ1) is 21.7. The highest BCUT2D eigenvalue weighted by molar-refractivity contribution is 6.32. The molecule has 2 aromatic carbocycles. The quantitative estimate of drug-likeness (QED) is 0.621. The van der Waals surface area contributed by atoms with Crippen LogP contribution in [0.1, 0.15) is 38.9 Å². The van der Waals surface area contributed by atoms with E-state index in [-0.39, 0.29) is 24.0 Å². The molecule has 1 N–H and O–H groups in total. The van der Waals surface area contributed by atoms with Crippen LogP contribution in [0.25, 0.3) is 11.0 Å². The lowest BCUT2D eigenvalue weighted by Gasteiger charge is -2.32. The number of aromatic nitrogens is 2. The number of hydrogen-bond donors (Lipinski definition) is 1. The number of halogens is 1. The van der Waals surface area contributed by atoms with Crippen molar-refractivity contribution < 1.29 is 14.6 Å². The third kappa shape index (κ3) is 4.55. The Kier molecular flexibility index (Phi) is 5.95. The van der Waals surface area contributed by atoms with Gasteiger partial charge in [0.1, 0.15) is 24.3 Å². The molecule has 1 saturated heterocycles. The Labute approximate surface area is 187 Å². The van der Waals surface area contributed by atoms with Crippen molar-refractivity contribution in [2.24, 2.45) is 0 Å². The van der Waals surface area contributed by atoms with Crippen LogP contribution < -0.4 is 4.74 Å². The Morgan fingerprint density at radius 1 is 1.19 bits per heavy atom. The lowest BCUT2D eigenvalue weighted by Crippen LogP contribution is -2.42. The first-order valence-corrected chi connectivity index (χ1v) is 10.9. The fraction of sp³-hybridized carbons (Fsp3) is 0.417. The molecule has 0 radical (unpaired) electrons. The monoisotopic (exact) mass is 441 g/mol. The molecule has 2 atom stereocenters. The van der Waals surface area contributed by atoms with Crippen molar-refractivity contribution in [2.75, 3.05) is 13.2 Å². The average Bonchev–Trinajstić information content (AvgIpc) is 3.28. The summed E-state index contributed by atoms with van der Waals surface area (Å²) in [5.74, 6) is 1.49. The highest BCUT2D eigenvalue weighted by atomic mass is 35.5. The van der Waals surface area contributed by atoms with E-state index in [1.54, 1.807) is 12.1 Å². The first-order valence-electron chi connectivity index (χ1n) is 10.5. The maximum atomic E-state index is 12.7. The molecule has 0 spiro atoms. The second-order valence-corrected chi connectivity index (χ2v) is 9.45. The van der Waals surface area contributed by atoms with E-state index in [0.717, 1.165) is 16.9 Å². The zero-order chi connectivity index (χ0) is 22.2. The van der Waals surface area contributed by atoms with E-state index in [2.05, 4.69) is 0 Å². The number of rotatable bonds is 6. The summed E-state index contributed by atoms with van der Waals surface area (Å²) in [4.78, 5) is 19.4. The van der Waals surface area contributed by atoms with Gasteiger partial charge in [0.15, 0.2) is 0 Å². The Hall–Kier alpha value is -2.57. The minimum absolute atomic E-state index is 0.0178. The largest absolute Gasteiger partial charge is 0.489 e. The summed E-state index contributed by atoms with van der Waals surface area (Å²) in [6.45, 7) is 7.19. The van der Waals surface area contributed by atoms with Crippen molar-refractivity contribution in [1.29, 1.82) is 0 Å². The van der Waals surface area contributed by atoms with Crippen molar-refractivity contribution in [3.05, 3.63) is 59.4 Å². The van der Waals surface area contributed by atoms with Gasteiger partial charge in [-0.2, -0.15) is 0 Å². The maximum Gasteiger partial charge on any atom is 0.223 e. The summed E-state index contributed by atoms with van der Waals surface area (Å²) < 4.78 is 7.75. The molecule has 1 aliphatic rings. The van der Waals surface area contributed by atoms with Gasteiger partial charge >= 0.3 is 0 Å². The van der Waals surface area contributed by atoms with Gasteiger partial charge in [0, 0.05) is 24.4 Å². The van der Waals surface area contributed by atoms with E-state index in [1.165, 1.54) is 0 Å². The molecule has 0 aliphatic carbocycles. The molecule has 1 amide bonds. The van der Waals surface area contributed by atoms with E-state index in [9.17, 15) is 9.90 Å². The molecule has 0 saturated carbocycles. The normalized spacial score (nSPS) is 18.0. The molecular formula is C24H28ClN3O3. The van der Waals surface area contributed by atoms with Gasteiger partial charge in [0.25, 0.3) is 0 Å². The molecule has 3 aromatic rings. The molecule has 7 heteroatoms. The van der Waals surface area contributed by atoms with Gasteiger partial charge in [0.2, 0.25) is 5.91 Å². The van der Waals surface area contributed by atoms with Crippen molar-refractivity contribution >= 4 is 28.5 Å². The standard InChI is InChI=1S/C24H28ClN3O3/c1-24(2,3)28-13-16(12-22(28)30)23-26-19-9-5-6-10-20(19)27(23)14-17(29)15-31-21-11-7-4-8-18(21)25/h4-11,16-17,29H,12-15H2,1-3H3/t16-,17-/m1/s1. The first-order chi connectivity index (χ1) is 14.7. The molecular weight excluding hydrogens is 414 g/mol. The molecule has 6 nitrogen and oxygen atoms in total. The van der Waals surface area contributed by atoms with Crippen LogP contribution >= 0.6 is 11.6 Å². The fourth-order valence-corrected chi connectivity index (χ4v) is 4.33. The number of para-hydroxylation sites is 3. The van der Waals surface area contributed by atoms with E-state index >= 15 is 0 Å². The Morgan fingerprint density at radius 3 is 2.61 bits per heavy atom. The fourth-order valence-electron chi connectivity index (χ4n) is 4.14. The molecule has 1 fully saturated rings. The van der Waals surface area contributed by atoms with Gasteiger partial charge in [-0.3, -0.25) is 4.79 Å². The molecule has 0 bridgehead atoms. The summed E-state index contributed by atoms with van der Waals surface area (Å²) in [6, 6.07) is 15.1. The van der Waals surface area contributed by atoms with Crippen molar-refractivity contribution in [1.82, 2.24) is 14.5 Å². The number of carbonyl (C=O) groups excluding carboxylic acids is 1. The van der Waals surface area contributed by atoms with Gasteiger partial charge in [-0.15, -0.1) is 0 Å². The highest BCUT2D eigenvalue weighted by Gasteiger charge is 2.39. The summed E-state index contributed by atoms with van der Waals surface area (Å²) in [5.41, 5.74) is 1.57. The topological polar surface area (TPSA) is 67.6 Å². The predicted molar refractivity (Wildman–Crippen MR) is 122 cm³/mol. The van der Waals surface area contributed by atoms with E-state index in [4.69, 9.17) is 21.3 Å². The van der Waals surface area contributed by atoms with Crippen LogP contribution in [0.2, 0.25) is 5.02 Å². The number of likely N-dealkylation sites (tertiary alicyclic amines) is 1. The average molecular weight is 442 g/mol. The third-order valence-corrected chi connectivity index (χ3v) is 5.96. The van der Waals surface area contributed by atoms with Crippen LogP contribution in [0.4, 0.5) is 0 Å². The lowest BCUT2D eigenvalue weighted by atomic mass is 10.1.